The number of nitrogens with zero attached hydrogens (tertiary/aromatic N) is 4. The number of rotatable bonds is 8. The van der Waals surface area contributed by atoms with Gasteiger partial charge in [0, 0.05) is 55.7 Å². The second kappa shape index (κ2) is 12.7. The van der Waals surface area contributed by atoms with E-state index < -0.39 is 47.0 Å². The highest BCUT2D eigenvalue weighted by molar-refractivity contribution is 5.50. The number of piperazine rings is 1. The molecule has 1 aliphatic rings. The second-order valence-electron chi connectivity index (χ2n) is 11.0. The molecule has 1 aromatic heterocycles. The average molecular weight is 611 g/mol. The largest absolute Gasteiger partial charge is 0.416 e. The quantitative estimate of drug-likeness (QED) is 0.230. The molecule has 3 aromatic carbocycles. The van der Waals surface area contributed by atoms with Crippen LogP contribution in [0.5, 0.6) is 0 Å². The lowest BCUT2D eigenvalue weighted by molar-refractivity contribution is -0.138. The van der Waals surface area contributed by atoms with Crippen molar-refractivity contribution in [3.8, 4) is 0 Å². The van der Waals surface area contributed by atoms with E-state index in [9.17, 15) is 27.2 Å². The minimum absolute atomic E-state index is 0.158. The standard InChI is InChI=1S/C32H34F4N6O2/c1-21-29(40-15-13-39(14-16-40)18-22-7-5-10-24(37)17-22)30(43)42(20-28(38)23-8-3-2-4-9-23)31(44)41(21)19-25-26(32(34,35)36)11-6-12-27(25)33/h2-12,17,28H,13-16,18-20,37-38H2,1H3. The Labute approximate surface area is 251 Å². The first-order valence-electron chi connectivity index (χ1n) is 14.2. The number of aromatic nitrogens is 2. The Kier molecular flexibility index (Phi) is 8.93. The van der Waals surface area contributed by atoms with Crippen molar-refractivity contribution in [3.63, 3.8) is 0 Å². The molecule has 1 atom stereocenters. The molecule has 0 radical (unpaired) electrons. The Bertz CT molecular complexity index is 1740. The van der Waals surface area contributed by atoms with Crippen molar-refractivity contribution < 1.29 is 17.6 Å². The summed E-state index contributed by atoms with van der Waals surface area (Å²) in [5, 5.41) is 0. The molecular weight excluding hydrogens is 576 g/mol. The van der Waals surface area contributed by atoms with Crippen molar-refractivity contribution in [2.75, 3.05) is 36.8 Å². The smallest absolute Gasteiger partial charge is 0.399 e. The molecule has 4 aromatic rings. The summed E-state index contributed by atoms with van der Waals surface area (Å²) in [5.41, 5.74) is 11.7. The van der Waals surface area contributed by atoms with Gasteiger partial charge in [0.25, 0.3) is 5.56 Å². The third-order valence-electron chi connectivity index (χ3n) is 8.05. The fraction of sp³-hybridized carbons (Fsp3) is 0.312. The summed E-state index contributed by atoms with van der Waals surface area (Å²) in [7, 11) is 0. The van der Waals surface area contributed by atoms with Crippen LogP contribution in [0, 0.1) is 12.7 Å². The predicted octanol–water partition coefficient (Wildman–Crippen LogP) is 4.13. The number of nitrogens with two attached hydrogens (primary N) is 2. The fourth-order valence-corrected chi connectivity index (χ4v) is 5.72. The van der Waals surface area contributed by atoms with Gasteiger partial charge in [-0.25, -0.2) is 9.18 Å². The molecule has 5 rings (SSSR count). The molecule has 2 heterocycles. The molecule has 0 amide bonds. The Hall–Kier alpha value is -4.42. The first-order chi connectivity index (χ1) is 20.9. The highest BCUT2D eigenvalue weighted by Gasteiger charge is 2.35. The van der Waals surface area contributed by atoms with E-state index in [1.54, 1.807) is 30.3 Å². The summed E-state index contributed by atoms with van der Waals surface area (Å²) in [4.78, 5) is 31.8. The molecule has 0 spiro atoms. The first-order valence-corrected chi connectivity index (χ1v) is 14.2. The number of alkyl halides is 3. The van der Waals surface area contributed by atoms with Gasteiger partial charge in [-0.2, -0.15) is 13.2 Å². The molecule has 0 saturated carbocycles. The van der Waals surface area contributed by atoms with Gasteiger partial charge in [-0.15, -0.1) is 0 Å². The third-order valence-corrected chi connectivity index (χ3v) is 8.05. The van der Waals surface area contributed by atoms with E-state index in [0.29, 0.717) is 44.0 Å². The lowest BCUT2D eigenvalue weighted by Gasteiger charge is -2.37. The monoisotopic (exact) mass is 610 g/mol. The Morgan fingerprint density at radius 2 is 1.55 bits per heavy atom. The van der Waals surface area contributed by atoms with Crippen molar-refractivity contribution in [2.45, 2.75) is 38.8 Å². The predicted molar refractivity (Wildman–Crippen MR) is 162 cm³/mol. The molecular formula is C32H34F4N6O2. The molecule has 44 heavy (non-hydrogen) atoms. The van der Waals surface area contributed by atoms with Crippen LogP contribution in [0.15, 0.2) is 82.4 Å². The summed E-state index contributed by atoms with van der Waals surface area (Å²) in [6, 6.07) is 18.4. The third kappa shape index (κ3) is 6.56. The Morgan fingerprint density at radius 3 is 2.20 bits per heavy atom. The Morgan fingerprint density at radius 1 is 0.864 bits per heavy atom. The van der Waals surface area contributed by atoms with Gasteiger partial charge in [0.15, 0.2) is 0 Å². The number of benzene rings is 3. The van der Waals surface area contributed by atoms with Gasteiger partial charge in [0.05, 0.1) is 18.7 Å². The molecule has 1 fully saturated rings. The lowest BCUT2D eigenvalue weighted by Crippen LogP contribution is -2.51. The van der Waals surface area contributed by atoms with Crippen LogP contribution >= 0.6 is 0 Å². The molecule has 0 aliphatic carbocycles. The maximum atomic E-state index is 14.9. The summed E-state index contributed by atoms with van der Waals surface area (Å²) in [6.07, 6.45) is -4.85. The van der Waals surface area contributed by atoms with E-state index in [1.165, 1.54) is 6.92 Å². The Balaban J connectivity index is 1.54. The summed E-state index contributed by atoms with van der Waals surface area (Å²) < 4.78 is 58.5. The molecule has 1 unspecified atom stereocenters. The highest BCUT2D eigenvalue weighted by Crippen LogP contribution is 2.33. The molecule has 0 bridgehead atoms. The highest BCUT2D eigenvalue weighted by atomic mass is 19.4. The van der Waals surface area contributed by atoms with Crippen LogP contribution < -0.4 is 27.6 Å². The number of anilines is 2. The van der Waals surface area contributed by atoms with Crippen molar-refractivity contribution >= 4 is 11.4 Å². The number of nitrogen functional groups attached to an aromatic ring is 1. The van der Waals surface area contributed by atoms with Crippen molar-refractivity contribution in [2.24, 2.45) is 5.73 Å². The van der Waals surface area contributed by atoms with Crippen LogP contribution in [-0.2, 0) is 25.8 Å². The van der Waals surface area contributed by atoms with E-state index in [4.69, 9.17) is 11.5 Å². The van der Waals surface area contributed by atoms with E-state index >= 15 is 0 Å². The molecule has 1 aliphatic heterocycles. The minimum Gasteiger partial charge on any atom is -0.399 e. The van der Waals surface area contributed by atoms with E-state index in [0.717, 1.165) is 32.9 Å². The van der Waals surface area contributed by atoms with E-state index in [1.807, 2.05) is 29.2 Å². The van der Waals surface area contributed by atoms with Crippen molar-refractivity contribution in [1.29, 1.82) is 0 Å². The normalized spacial score (nSPS) is 15.0. The number of hydrogen-bond acceptors (Lipinski definition) is 6. The van der Waals surface area contributed by atoms with Gasteiger partial charge in [-0.1, -0.05) is 48.5 Å². The van der Waals surface area contributed by atoms with Crippen LogP contribution in [0.25, 0.3) is 0 Å². The fourth-order valence-electron chi connectivity index (χ4n) is 5.72. The molecule has 4 N–H and O–H groups in total. The zero-order chi connectivity index (χ0) is 31.6. The van der Waals surface area contributed by atoms with Gasteiger partial charge in [0.2, 0.25) is 0 Å². The van der Waals surface area contributed by atoms with Gasteiger partial charge < -0.3 is 16.4 Å². The van der Waals surface area contributed by atoms with Crippen LogP contribution in [0.3, 0.4) is 0 Å². The van der Waals surface area contributed by atoms with Gasteiger partial charge >= 0.3 is 11.9 Å². The zero-order valence-electron chi connectivity index (χ0n) is 24.2. The first kappa shape index (κ1) is 31.0. The number of hydrogen-bond donors (Lipinski definition) is 2. The summed E-state index contributed by atoms with van der Waals surface area (Å²) in [6.45, 7) is 3.25. The van der Waals surface area contributed by atoms with Crippen LogP contribution in [-0.4, -0.2) is 40.2 Å². The van der Waals surface area contributed by atoms with Crippen LogP contribution in [0.2, 0.25) is 0 Å². The SMILES string of the molecule is Cc1c(N2CCN(Cc3cccc(N)c3)CC2)c(=O)n(CC(N)c2ccccc2)c(=O)n1Cc1c(F)cccc1C(F)(F)F. The molecule has 8 nitrogen and oxygen atoms in total. The summed E-state index contributed by atoms with van der Waals surface area (Å²) >= 11 is 0. The second-order valence-corrected chi connectivity index (χ2v) is 11.0. The van der Waals surface area contributed by atoms with Gasteiger partial charge in [0.1, 0.15) is 11.5 Å². The van der Waals surface area contributed by atoms with Crippen LogP contribution in [0.4, 0.5) is 28.9 Å². The molecule has 1 saturated heterocycles. The maximum Gasteiger partial charge on any atom is 0.416 e. The van der Waals surface area contributed by atoms with Crippen molar-refractivity contribution in [3.05, 3.63) is 127 Å². The van der Waals surface area contributed by atoms with E-state index in [2.05, 4.69) is 4.90 Å². The van der Waals surface area contributed by atoms with Gasteiger partial charge in [-0.3, -0.25) is 18.8 Å². The lowest BCUT2D eigenvalue weighted by atomic mass is 10.1. The summed E-state index contributed by atoms with van der Waals surface area (Å²) in [5.74, 6) is -1.10. The maximum absolute atomic E-state index is 14.9. The zero-order valence-corrected chi connectivity index (χ0v) is 24.2. The average Bonchev–Trinajstić information content (AvgIpc) is 2.99. The van der Waals surface area contributed by atoms with Crippen LogP contribution in [0.1, 0.15) is 34.0 Å². The minimum atomic E-state index is -4.85. The molecule has 232 valence electrons. The van der Waals surface area contributed by atoms with Gasteiger partial charge in [-0.05, 0) is 42.3 Å². The van der Waals surface area contributed by atoms with E-state index in [-0.39, 0.29) is 17.9 Å². The number of halogens is 4. The topological polar surface area (TPSA) is 103 Å². The molecule has 12 heteroatoms. The van der Waals surface area contributed by atoms with Crippen molar-refractivity contribution in [1.82, 2.24) is 14.0 Å².